The lowest BCUT2D eigenvalue weighted by Gasteiger charge is -2.32. The number of para-hydroxylation sites is 3. The second-order valence-electron chi connectivity index (χ2n) is 16.4. The van der Waals surface area contributed by atoms with Gasteiger partial charge in [0.05, 0.1) is 67.4 Å². The van der Waals surface area contributed by atoms with Crippen LogP contribution in [0.1, 0.15) is 70.2 Å². The van der Waals surface area contributed by atoms with Crippen molar-refractivity contribution in [1.29, 1.82) is 0 Å². The number of aromatic nitrogens is 3. The van der Waals surface area contributed by atoms with Crippen LogP contribution < -0.4 is 14.9 Å². The van der Waals surface area contributed by atoms with E-state index in [1.165, 1.54) is 0 Å². The predicted molar refractivity (Wildman–Crippen MR) is 286 cm³/mol. The first kappa shape index (κ1) is 57.1. The number of morpholine rings is 2. The van der Waals surface area contributed by atoms with E-state index in [0.717, 1.165) is 130 Å². The largest absolute Gasteiger partial charge is 0.495 e. The maximum absolute atomic E-state index is 6.29. The van der Waals surface area contributed by atoms with Crippen molar-refractivity contribution in [2.75, 3.05) is 78.9 Å². The molecule has 3 aromatic carbocycles. The quantitative estimate of drug-likeness (QED) is 0.0704. The van der Waals surface area contributed by atoms with E-state index >= 15 is 0 Å². The van der Waals surface area contributed by atoms with Gasteiger partial charge in [-0.2, -0.15) is 0 Å². The number of fused-ring (bicyclic) bond motifs is 3. The average Bonchev–Trinajstić information content (AvgIpc) is 3.50. The van der Waals surface area contributed by atoms with Crippen molar-refractivity contribution in [2.45, 2.75) is 81.4 Å². The smallest absolute Gasteiger partial charge is 0.478 e. The van der Waals surface area contributed by atoms with Crippen LogP contribution in [0.4, 0.5) is 0 Å². The Morgan fingerprint density at radius 2 is 0.939 bits per heavy atom. The van der Waals surface area contributed by atoms with Crippen LogP contribution >= 0.6 is 47.8 Å². The first-order chi connectivity index (χ1) is 30.0. The topological polar surface area (TPSA) is 101 Å². The first-order valence-corrected chi connectivity index (χ1v) is 23.7. The van der Waals surface area contributed by atoms with Gasteiger partial charge in [-0.25, -0.2) is 15.0 Å². The van der Waals surface area contributed by atoms with Gasteiger partial charge in [-0.05, 0) is 118 Å². The van der Waals surface area contributed by atoms with E-state index in [1.807, 2.05) is 78.9 Å². The van der Waals surface area contributed by atoms with Crippen molar-refractivity contribution in [1.82, 2.24) is 24.8 Å². The summed E-state index contributed by atoms with van der Waals surface area (Å²) in [5.41, 5.74) is 3.04. The summed E-state index contributed by atoms with van der Waals surface area (Å²) in [6, 6.07) is 30.0. The number of hydrogen-bond donors (Lipinski definition) is 0. The van der Waals surface area contributed by atoms with Gasteiger partial charge in [-0.1, -0.05) is 84.3 Å². The number of benzene rings is 3. The summed E-state index contributed by atoms with van der Waals surface area (Å²) < 4.78 is 38.1. The Kier molecular flexibility index (Phi) is 23.4. The standard InChI is InChI=1S/C22H31BN2O4.C16H19BrN2O2.C9H5Br2N.4CH4/c1-21(2)22(3,4)29-23(28-21)18-16-20(24-19-9-6-5-8-17(18)19)27-13-7-10-25-11-14-26-15-12-25;17-14-12-16(18-15-5-2-1-4-13(14)15)21-9-3-6-19-7-10-20-11-8-19;10-7-5-9(11)12-8-4-2-1-3-6(7)8;;;;/h5-6,8-9,16H,7,10-15H2,1-4H3;1-2,4-5,12H,3,6-11H2;1-5H;4*1H4. The summed E-state index contributed by atoms with van der Waals surface area (Å²) >= 11 is 10.4. The Balaban J connectivity index is 0.000000275. The molecule has 6 aromatic rings. The Morgan fingerprint density at radius 1 is 0.545 bits per heavy atom. The number of rotatable bonds is 11. The van der Waals surface area contributed by atoms with Crippen LogP contribution in [-0.2, 0) is 18.8 Å². The number of pyridine rings is 3. The molecule has 3 aromatic heterocycles. The van der Waals surface area contributed by atoms with Crippen molar-refractivity contribution in [3.8, 4) is 11.8 Å². The zero-order chi connectivity index (χ0) is 43.5. The van der Waals surface area contributed by atoms with Gasteiger partial charge in [-0.3, -0.25) is 9.80 Å². The van der Waals surface area contributed by atoms with Gasteiger partial charge in [0.2, 0.25) is 11.8 Å². The minimum Gasteiger partial charge on any atom is -0.478 e. The molecule has 66 heavy (non-hydrogen) atoms. The van der Waals surface area contributed by atoms with E-state index in [4.69, 9.17) is 33.2 Å². The molecule has 3 saturated heterocycles. The van der Waals surface area contributed by atoms with Crippen molar-refractivity contribution in [2.24, 2.45) is 0 Å². The maximum atomic E-state index is 6.29. The lowest BCUT2D eigenvalue weighted by Crippen LogP contribution is -2.41. The van der Waals surface area contributed by atoms with Gasteiger partial charge in [0, 0.05) is 76.5 Å². The molecular weight excluding hydrogens is 1030 g/mol. The number of hydrogen-bond acceptors (Lipinski definition) is 11. The van der Waals surface area contributed by atoms with Crippen LogP contribution in [-0.4, -0.2) is 122 Å². The maximum Gasteiger partial charge on any atom is 0.495 e. The molecule has 6 heterocycles. The van der Waals surface area contributed by atoms with E-state index in [-0.39, 0.29) is 40.9 Å². The Hall–Kier alpha value is -3.25. The Morgan fingerprint density at radius 3 is 1.42 bits per heavy atom. The van der Waals surface area contributed by atoms with E-state index in [0.29, 0.717) is 25.0 Å². The molecule has 11 nitrogen and oxygen atoms in total. The minimum absolute atomic E-state index is 0. The summed E-state index contributed by atoms with van der Waals surface area (Å²) in [6.07, 6.45) is 1.96. The van der Waals surface area contributed by atoms with Gasteiger partial charge in [0.15, 0.2) is 0 Å². The number of halogens is 3. The van der Waals surface area contributed by atoms with Gasteiger partial charge < -0.3 is 28.3 Å². The zero-order valence-electron chi connectivity index (χ0n) is 36.0. The SMILES string of the molecule is Brc1cc(Br)c2ccccc2n1.Brc1cc(OCCCN2CCOCC2)nc2ccccc12.C.C.C.C.CC1(C)OB(c2cc(OCCCN3CCOCC3)nc3ccccc23)OC1(C)C. The number of ether oxygens (including phenoxy) is 4. The van der Waals surface area contributed by atoms with Gasteiger partial charge in [0.25, 0.3) is 0 Å². The van der Waals surface area contributed by atoms with Gasteiger partial charge in [0.1, 0.15) is 4.60 Å². The molecule has 15 heteroatoms. The third-order valence-corrected chi connectivity index (χ3v) is 13.2. The summed E-state index contributed by atoms with van der Waals surface area (Å²) in [4.78, 5) is 18.4. The summed E-state index contributed by atoms with van der Waals surface area (Å²) in [5.74, 6) is 1.30. The fraction of sp³-hybridized carbons (Fsp3) is 0.471. The van der Waals surface area contributed by atoms with Crippen molar-refractivity contribution < 1.29 is 28.3 Å². The van der Waals surface area contributed by atoms with E-state index in [9.17, 15) is 0 Å². The molecule has 0 radical (unpaired) electrons. The molecule has 0 aliphatic carbocycles. The van der Waals surface area contributed by atoms with Gasteiger partial charge >= 0.3 is 7.12 Å². The van der Waals surface area contributed by atoms with Gasteiger partial charge in [-0.15, -0.1) is 0 Å². The van der Waals surface area contributed by atoms with E-state index < -0.39 is 7.12 Å². The highest BCUT2D eigenvalue weighted by atomic mass is 79.9. The third-order valence-electron chi connectivity index (χ3n) is 11.5. The van der Waals surface area contributed by atoms with Crippen molar-refractivity contribution in [3.05, 3.63) is 105 Å². The lowest BCUT2D eigenvalue weighted by molar-refractivity contribution is 0.00578. The molecule has 0 spiro atoms. The van der Waals surface area contributed by atoms with Crippen molar-refractivity contribution in [3.63, 3.8) is 0 Å². The molecule has 9 rings (SSSR count). The molecule has 3 aliphatic heterocycles. The van der Waals surface area contributed by atoms with E-state index in [1.54, 1.807) is 0 Å². The molecule has 0 amide bonds. The fourth-order valence-electron chi connectivity index (χ4n) is 7.28. The zero-order valence-corrected chi connectivity index (χ0v) is 40.7. The first-order valence-electron chi connectivity index (χ1n) is 21.3. The lowest BCUT2D eigenvalue weighted by atomic mass is 9.77. The molecule has 0 saturated carbocycles. The molecule has 360 valence electrons. The average molecular weight is 1100 g/mol. The highest BCUT2D eigenvalue weighted by Crippen LogP contribution is 2.37. The third kappa shape index (κ3) is 15.4. The summed E-state index contributed by atoms with van der Waals surface area (Å²) in [7, 11) is -0.441. The minimum atomic E-state index is -0.441. The summed E-state index contributed by atoms with van der Waals surface area (Å²) in [5, 5.41) is 3.28. The predicted octanol–water partition coefficient (Wildman–Crippen LogP) is 12.0. The van der Waals surface area contributed by atoms with Crippen LogP contribution in [0, 0.1) is 0 Å². The molecule has 3 aliphatic rings. The Labute approximate surface area is 420 Å². The van der Waals surface area contributed by atoms with Crippen molar-refractivity contribution >= 4 is 93.1 Å². The van der Waals surface area contributed by atoms with E-state index in [2.05, 4.69) is 107 Å². The van der Waals surface area contributed by atoms with Crippen LogP contribution in [0.25, 0.3) is 32.7 Å². The fourth-order valence-corrected chi connectivity index (χ4v) is 9.09. The van der Waals surface area contributed by atoms with Crippen LogP contribution in [0.5, 0.6) is 11.8 Å². The summed E-state index contributed by atoms with van der Waals surface area (Å²) in [6.45, 7) is 19.1. The van der Waals surface area contributed by atoms with Crippen LogP contribution in [0.2, 0.25) is 0 Å². The molecule has 0 N–H and O–H groups in total. The molecule has 0 unspecified atom stereocenters. The van der Waals surface area contributed by atoms with Crippen LogP contribution in [0.3, 0.4) is 0 Å². The molecule has 3 fully saturated rings. The second-order valence-corrected chi connectivity index (χ2v) is 18.9. The highest BCUT2D eigenvalue weighted by Gasteiger charge is 2.52. The Bertz CT molecular complexity index is 2380. The monoisotopic (exact) mass is 1100 g/mol. The molecular formula is C51H71BBr3N5O6. The second kappa shape index (κ2) is 27.1. The van der Waals surface area contributed by atoms with Crippen LogP contribution in [0.15, 0.2) is 105 Å². The number of nitrogens with zero attached hydrogens (tertiary/aromatic N) is 5. The highest BCUT2D eigenvalue weighted by molar-refractivity contribution is 9.11. The molecule has 0 bridgehead atoms. The molecule has 0 atom stereocenters. The normalized spacial score (nSPS) is 16.6.